The summed E-state index contributed by atoms with van der Waals surface area (Å²) in [5.41, 5.74) is 2.54. The summed E-state index contributed by atoms with van der Waals surface area (Å²) >= 11 is 0. The summed E-state index contributed by atoms with van der Waals surface area (Å²) in [7, 11) is 0. The highest BCUT2D eigenvalue weighted by atomic mass is 16.6. The van der Waals surface area contributed by atoms with Crippen LogP contribution in [0.5, 0.6) is 0 Å². The second-order valence-electron chi connectivity index (χ2n) is 6.11. The molecule has 1 heterocycles. The van der Waals surface area contributed by atoms with Crippen molar-refractivity contribution in [1.29, 1.82) is 0 Å². The molecule has 0 atom stereocenters. The molecule has 0 radical (unpaired) electrons. The molecule has 3 aromatic rings. The number of anilines is 2. The Bertz CT molecular complexity index is 934. The summed E-state index contributed by atoms with van der Waals surface area (Å²) in [6.45, 7) is 1.03. The Hall–Kier alpha value is -3.52. The topological polar surface area (TPSA) is 113 Å². The van der Waals surface area contributed by atoms with Gasteiger partial charge in [-0.1, -0.05) is 42.5 Å². The maximum absolute atomic E-state index is 10.9. The number of hydrogen-bond acceptors (Lipinski definition) is 7. The van der Waals surface area contributed by atoms with E-state index < -0.39 is 4.92 Å². The van der Waals surface area contributed by atoms with Gasteiger partial charge in [-0.25, -0.2) is 4.98 Å². The van der Waals surface area contributed by atoms with E-state index in [1.54, 1.807) is 6.07 Å². The van der Waals surface area contributed by atoms with Crippen LogP contribution in [0, 0.1) is 10.1 Å². The largest absolute Gasteiger partial charge is 0.396 e. The van der Waals surface area contributed by atoms with Gasteiger partial charge >= 0.3 is 0 Å². The third kappa shape index (κ3) is 5.24. The number of rotatable bonds is 9. The van der Waals surface area contributed by atoms with E-state index in [0.717, 1.165) is 16.8 Å². The van der Waals surface area contributed by atoms with E-state index in [0.29, 0.717) is 31.3 Å². The van der Waals surface area contributed by atoms with Crippen molar-refractivity contribution < 1.29 is 10.0 Å². The first-order chi connectivity index (χ1) is 13.7. The van der Waals surface area contributed by atoms with Crippen molar-refractivity contribution in [3.05, 3.63) is 76.3 Å². The summed E-state index contributed by atoms with van der Waals surface area (Å²) in [6.07, 6.45) is 0.593. The minimum Gasteiger partial charge on any atom is -0.396 e. The van der Waals surface area contributed by atoms with Crippen molar-refractivity contribution in [2.45, 2.75) is 13.0 Å². The molecule has 3 rings (SSSR count). The predicted molar refractivity (Wildman–Crippen MR) is 108 cm³/mol. The molecule has 1 aromatic heterocycles. The fourth-order valence-corrected chi connectivity index (χ4v) is 2.63. The number of nitro benzene ring substituents is 1. The molecule has 0 spiro atoms. The van der Waals surface area contributed by atoms with E-state index in [1.165, 1.54) is 12.1 Å². The summed E-state index contributed by atoms with van der Waals surface area (Å²) in [4.78, 5) is 19.5. The number of aromatic nitrogens is 2. The van der Waals surface area contributed by atoms with E-state index in [-0.39, 0.29) is 12.3 Å². The SMILES string of the molecule is O=[N+]([O-])c1cccc(CNc2cc(-c3ccccc3)nc(NCCCO)n2)c1. The maximum atomic E-state index is 10.9. The molecule has 0 saturated heterocycles. The number of non-ortho nitro benzene ring substituents is 1. The van der Waals surface area contributed by atoms with Crippen molar-refractivity contribution in [3.8, 4) is 11.3 Å². The predicted octanol–water partition coefficient (Wildman–Crippen LogP) is 3.46. The van der Waals surface area contributed by atoms with Crippen LogP contribution in [0.2, 0.25) is 0 Å². The number of benzene rings is 2. The molecular weight excluding hydrogens is 358 g/mol. The number of nitro groups is 1. The molecule has 8 heteroatoms. The van der Waals surface area contributed by atoms with Gasteiger partial charge in [0.1, 0.15) is 5.82 Å². The lowest BCUT2D eigenvalue weighted by atomic mass is 10.1. The lowest BCUT2D eigenvalue weighted by Gasteiger charge is -2.11. The lowest BCUT2D eigenvalue weighted by molar-refractivity contribution is -0.384. The second-order valence-corrected chi connectivity index (χ2v) is 6.11. The van der Waals surface area contributed by atoms with Gasteiger partial charge < -0.3 is 15.7 Å². The molecule has 0 aliphatic carbocycles. The third-order valence-electron chi connectivity index (χ3n) is 4.01. The monoisotopic (exact) mass is 379 g/mol. The van der Waals surface area contributed by atoms with Crippen LogP contribution in [0.1, 0.15) is 12.0 Å². The summed E-state index contributed by atoms with van der Waals surface area (Å²) in [6, 6.07) is 18.0. The zero-order valence-corrected chi connectivity index (χ0v) is 15.2. The van der Waals surface area contributed by atoms with Crippen molar-refractivity contribution in [1.82, 2.24) is 9.97 Å². The molecule has 0 unspecified atom stereocenters. The van der Waals surface area contributed by atoms with E-state index >= 15 is 0 Å². The molecule has 8 nitrogen and oxygen atoms in total. The highest BCUT2D eigenvalue weighted by Gasteiger charge is 2.09. The van der Waals surface area contributed by atoms with Gasteiger partial charge in [0, 0.05) is 43.5 Å². The van der Waals surface area contributed by atoms with Crippen LogP contribution < -0.4 is 10.6 Å². The smallest absolute Gasteiger partial charge is 0.269 e. The molecule has 0 fully saturated rings. The van der Waals surface area contributed by atoms with Gasteiger partial charge in [-0.2, -0.15) is 4.98 Å². The molecule has 0 aliphatic rings. The molecule has 0 saturated carbocycles. The van der Waals surface area contributed by atoms with E-state index in [4.69, 9.17) is 5.11 Å². The fourth-order valence-electron chi connectivity index (χ4n) is 2.63. The third-order valence-corrected chi connectivity index (χ3v) is 4.01. The highest BCUT2D eigenvalue weighted by Crippen LogP contribution is 2.22. The average Bonchev–Trinajstić information content (AvgIpc) is 2.73. The number of nitrogens with zero attached hydrogens (tertiary/aromatic N) is 3. The van der Waals surface area contributed by atoms with E-state index in [2.05, 4.69) is 20.6 Å². The van der Waals surface area contributed by atoms with Gasteiger partial charge in [0.15, 0.2) is 0 Å². The van der Waals surface area contributed by atoms with E-state index in [9.17, 15) is 10.1 Å². The first-order valence-corrected chi connectivity index (χ1v) is 8.92. The summed E-state index contributed by atoms with van der Waals surface area (Å²) < 4.78 is 0. The second kappa shape index (κ2) is 9.43. The van der Waals surface area contributed by atoms with Gasteiger partial charge in [0.25, 0.3) is 5.69 Å². The number of aliphatic hydroxyl groups excluding tert-OH is 1. The minimum absolute atomic E-state index is 0.0540. The zero-order valence-electron chi connectivity index (χ0n) is 15.2. The number of aliphatic hydroxyl groups is 1. The maximum Gasteiger partial charge on any atom is 0.269 e. The van der Waals surface area contributed by atoms with Crippen molar-refractivity contribution in [2.24, 2.45) is 0 Å². The van der Waals surface area contributed by atoms with Gasteiger partial charge in [-0.3, -0.25) is 10.1 Å². The molecule has 0 aliphatic heterocycles. The van der Waals surface area contributed by atoms with Crippen LogP contribution in [-0.2, 0) is 6.54 Å². The molecule has 0 bridgehead atoms. The Morgan fingerprint density at radius 2 is 1.82 bits per heavy atom. The summed E-state index contributed by atoms with van der Waals surface area (Å²) in [5, 5.41) is 26.2. The quantitative estimate of drug-likeness (QED) is 0.296. The van der Waals surface area contributed by atoms with Gasteiger partial charge in [0.2, 0.25) is 5.95 Å². The van der Waals surface area contributed by atoms with Crippen LogP contribution in [-0.4, -0.2) is 33.1 Å². The van der Waals surface area contributed by atoms with Crippen LogP contribution in [0.3, 0.4) is 0 Å². The first-order valence-electron chi connectivity index (χ1n) is 8.92. The molecule has 3 N–H and O–H groups in total. The number of nitrogens with one attached hydrogen (secondary N) is 2. The molecule has 28 heavy (non-hydrogen) atoms. The Labute approximate surface area is 162 Å². The number of hydrogen-bond donors (Lipinski definition) is 3. The van der Waals surface area contributed by atoms with Crippen molar-refractivity contribution in [3.63, 3.8) is 0 Å². The Balaban J connectivity index is 1.81. The van der Waals surface area contributed by atoms with Gasteiger partial charge in [-0.15, -0.1) is 0 Å². The standard InChI is InChI=1S/C20H21N5O3/c26-11-5-10-21-20-23-18(16-7-2-1-3-8-16)13-19(24-20)22-14-15-6-4-9-17(12-15)25(27)28/h1-4,6-9,12-13,26H,5,10-11,14H2,(H2,21,22,23,24). The molecule has 2 aromatic carbocycles. The van der Waals surface area contributed by atoms with Crippen molar-refractivity contribution in [2.75, 3.05) is 23.8 Å². The van der Waals surface area contributed by atoms with Crippen LogP contribution in [0.15, 0.2) is 60.7 Å². The zero-order chi connectivity index (χ0) is 19.8. The van der Waals surface area contributed by atoms with Crippen LogP contribution in [0.4, 0.5) is 17.5 Å². The van der Waals surface area contributed by atoms with Gasteiger partial charge in [0.05, 0.1) is 10.6 Å². The van der Waals surface area contributed by atoms with Crippen LogP contribution >= 0.6 is 0 Å². The average molecular weight is 379 g/mol. The Morgan fingerprint density at radius 3 is 2.57 bits per heavy atom. The minimum atomic E-state index is -0.412. The fraction of sp³-hybridized carbons (Fsp3) is 0.200. The van der Waals surface area contributed by atoms with Gasteiger partial charge in [-0.05, 0) is 12.0 Å². The summed E-state index contributed by atoms with van der Waals surface area (Å²) in [5.74, 6) is 1.06. The Morgan fingerprint density at radius 1 is 1.00 bits per heavy atom. The lowest BCUT2D eigenvalue weighted by Crippen LogP contribution is -2.10. The van der Waals surface area contributed by atoms with E-state index in [1.807, 2.05) is 42.5 Å². The Kier molecular flexibility index (Phi) is 6.48. The van der Waals surface area contributed by atoms with Crippen LogP contribution in [0.25, 0.3) is 11.3 Å². The normalized spacial score (nSPS) is 10.5. The molecule has 144 valence electrons. The highest BCUT2D eigenvalue weighted by molar-refractivity contribution is 5.64. The molecular formula is C20H21N5O3. The first kappa shape index (κ1) is 19.2. The molecule has 0 amide bonds. The van der Waals surface area contributed by atoms with Crippen molar-refractivity contribution >= 4 is 17.5 Å².